The monoisotopic (exact) mass is 194 g/mol. The molecule has 2 aliphatic rings. The first-order valence-corrected chi connectivity index (χ1v) is 4.71. The molecule has 2 rings (SSSR count). The molecule has 0 bridgehead atoms. The maximum atomic E-state index is 11.4. The van der Waals surface area contributed by atoms with Crippen LogP contribution in [-0.4, -0.2) is 28.6 Å². The number of carbonyl (C=O) groups is 2. The van der Waals surface area contributed by atoms with E-state index in [1.807, 2.05) is 0 Å². The van der Waals surface area contributed by atoms with Crippen LogP contribution in [0.5, 0.6) is 0 Å². The molecule has 1 fully saturated rings. The van der Waals surface area contributed by atoms with Crippen LogP contribution in [0.25, 0.3) is 0 Å². The molecule has 0 radical (unpaired) electrons. The van der Waals surface area contributed by atoms with Crippen molar-refractivity contribution in [2.75, 3.05) is 0 Å². The molecule has 2 atom stereocenters. The summed E-state index contributed by atoms with van der Waals surface area (Å²) in [5.74, 6) is -0.629. The van der Waals surface area contributed by atoms with E-state index in [0.29, 0.717) is 0 Å². The van der Waals surface area contributed by atoms with Gasteiger partial charge in [-0.25, -0.2) is 4.79 Å². The van der Waals surface area contributed by atoms with E-state index in [-0.39, 0.29) is 23.9 Å². The second-order valence-electron chi connectivity index (χ2n) is 3.62. The molecule has 1 heterocycles. The topological polar surface area (TPSA) is 75.5 Å². The van der Waals surface area contributed by atoms with Crippen LogP contribution in [0.15, 0.2) is 17.3 Å². The highest BCUT2D eigenvalue weighted by Crippen LogP contribution is 2.21. The standard InChI is InChI=1S/C9H12N3O2/c10-6-2-1-3-7(6)12-9(14)5-4-8(13)11-12/h4-7H,1-3,10H2/q+1. The Bertz CT molecular complexity index is 346. The maximum Gasteiger partial charge on any atom is 0.437 e. The number of amides is 2. The molecule has 5 nitrogen and oxygen atoms in total. The molecule has 14 heavy (non-hydrogen) atoms. The van der Waals surface area contributed by atoms with E-state index in [9.17, 15) is 9.59 Å². The summed E-state index contributed by atoms with van der Waals surface area (Å²) in [4.78, 5) is 22.4. The van der Waals surface area contributed by atoms with Crippen molar-refractivity contribution in [3.05, 3.63) is 12.2 Å². The maximum absolute atomic E-state index is 11.4. The Labute approximate surface area is 81.3 Å². The quantitative estimate of drug-likeness (QED) is 0.595. The third-order valence-electron chi connectivity index (χ3n) is 2.65. The summed E-state index contributed by atoms with van der Waals surface area (Å²) in [6.07, 6.45) is 5.14. The van der Waals surface area contributed by atoms with Gasteiger partial charge in [0.25, 0.3) is 0 Å². The van der Waals surface area contributed by atoms with Gasteiger partial charge in [0.05, 0.1) is 12.1 Å². The smallest absolute Gasteiger partial charge is 0.322 e. The van der Waals surface area contributed by atoms with E-state index in [1.165, 1.54) is 16.8 Å². The average molecular weight is 194 g/mol. The zero-order chi connectivity index (χ0) is 10.1. The van der Waals surface area contributed by atoms with Crippen molar-refractivity contribution < 1.29 is 14.3 Å². The lowest BCUT2D eigenvalue weighted by Gasteiger charge is -2.09. The van der Waals surface area contributed by atoms with Crippen LogP contribution in [0.3, 0.4) is 0 Å². The van der Waals surface area contributed by atoms with Crippen molar-refractivity contribution >= 4 is 11.8 Å². The molecule has 2 amide bonds. The van der Waals surface area contributed by atoms with Crippen LogP contribution >= 0.6 is 0 Å². The lowest BCUT2D eigenvalue weighted by molar-refractivity contribution is -0.544. The van der Waals surface area contributed by atoms with Gasteiger partial charge < -0.3 is 5.73 Å². The number of hydrogen-bond donors (Lipinski definition) is 1. The molecule has 1 aliphatic carbocycles. The van der Waals surface area contributed by atoms with Crippen molar-refractivity contribution in [3.8, 4) is 0 Å². The average Bonchev–Trinajstić information content (AvgIpc) is 2.56. The van der Waals surface area contributed by atoms with Gasteiger partial charge in [-0.1, -0.05) is 0 Å². The number of nitrogens with two attached hydrogens (primary N) is 1. The molecular formula is C9H12N3O2+. The Balaban J connectivity index is 2.24. The summed E-state index contributed by atoms with van der Waals surface area (Å²) in [5.41, 5.74) is 5.83. The van der Waals surface area contributed by atoms with Crippen molar-refractivity contribution in [1.82, 2.24) is 0 Å². The van der Waals surface area contributed by atoms with Gasteiger partial charge in [0.15, 0.2) is 0 Å². The van der Waals surface area contributed by atoms with Crippen LogP contribution in [-0.2, 0) is 9.59 Å². The second kappa shape index (κ2) is 3.42. The Morgan fingerprint density at radius 1 is 1.36 bits per heavy atom. The molecule has 5 heteroatoms. The molecule has 0 aromatic carbocycles. The Morgan fingerprint density at radius 2 is 2.14 bits per heavy atom. The first kappa shape index (κ1) is 9.21. The van der Waals surface area contributed by atoms with E-state index in [2.05, 4.69) is 5.11 Å². The van der Waals surface area contributed by atoms with Crippen LogP contribution in [0.2, 0.25) is 0 Å². The summed E-state index contributed by atoms with van der Waals surface area (Å²) in [5, 5.41) is 3.67. The molecular weight excluding hydrogens is 182 g/mol. The first-order chi connectivity index (χ1) is 6.68. The fourth-order valence-corrected chi connectivity index (χ4v) is 1.92. The summed E-state index contributed by atoms with van der Waals surface area (Å²) in [7, 11) is 0. The number of azo groups is 2. The van der Waals surface area contributed by atoms with Gasteiger partial charge >= 0.3 is 11.8 Å². The van der Waals surface area contributed by atoms with E-state index in [4.69, 9.17) is 5.73 Å². The number of rotatable bonds is 1. The molecule has 0 saturated heterocycles. The van der Waals surface area contributed by atoms with Crippen LogP contribution in [0.4, 0.5) is 0 Å². The number of hydrogen-bond acceptors (Lipinski definition) is 3. The Hall–Kier alpha value is -1.36. The predicted octanol–water partition coefficient (Wildman–Crippen LogP) is -0.0461. The van der Waals surface area contributed by atoms with Crippen LogP contribution in [0.1, 0.15) is 19.3 Å². The van der Waals surface area contributed by atoms with Gasteiger partial charge in [-0.15, -0.1) is 0 Å². The minimum atomic E-state index is -0.385. The molecule has 2 unspecified atom stereocenters. The number of nitrogens with zero attached hydrogens (tertiary/aromatic N) is 2. The summed E-state index contributed by atoms with van der Waals surface area (Å²) >= 11 is 0. The zero-order valence-corrected chi connectivity index (χ0v) is 7.72. The summed E-state index contributed by atoms with van der Waals surface area (Å²) in [6, 6.07) is -0.154. The minimum Gasteiger partial charge on any atom is -0.322 e. The predicted molar refractivity (Wildman–Crippen MR) is 47.5 cm³/mol. The number of carbonyl (C=O) groups excluding carboxylic acids is 2. The molecule has 74 valence electrons. The van der Waals surface area contributed by atoms with Gasteiger partial charge in [-0.3, -0.25) is 4.79 Å². The lowest BCUT2D eigenvalue weighted by Crippen LogP contribution is -2.41. The van der Waals surface area contributed by atoms with Gasteiger partial charge in [-0.2, -0.15) is 0 Å². The van der Waals surface area contributed by atoms with E-state index >= 15 is 0 Å². The van der Waals surface area contributed by atoms with Crippen molar-refractivity contribution in [1.29, 1.82) is 0 Å². The highest BCUT2D eigenvalue weighted by molar-refractivity contribution is 5.96. The molecule has 0 spiro atoms. The van der Waals surface area contributed by atoms with Gasteiger partial charge in [0.1, 0.15) is 0 Å². The Kier molecular flexibility index (Phi) is 2.25. The molecule has 0 aromatic heterocycles. The SMILES string of the molecule is NC1CCCC1[N+]1=NC(=O)C=CC1=O. The van der Waals surface area contributed by atoms with Gasteiger partial charge in [0.2, 0.25) is 6.04 Å². The Morgan fingerprint density at radius 3 is 2.79 bits per heavy atom. The fourth-order valence-electron chi connectivity index (χ4n) is 1.92. The third kappa shape index (κ3) is 1.50. The van der Waals surface area contributed by atoms with Crippen LogP contribution in [0, 0.1) is 0 Å². The van der Waals surface area contributed by atoms with Crippen LogP contribution < -0.4 is 5.73 Å². The first-order valence-electron chi connectivity index (χ1n) is 4.71. The molecule has 1 saturated carbocycles. The fraction of sp³-hybridized carbons (Fsp3) is 0.556. The van der Waals surface area contributed by atoms with Crippen molar-refractivity contribution in [2.24, 2.45) is 10.8 Å². The minimum absolute atomic E-state index is 0.0537. The summed E-state index contributed by atoms with van der Waals surface area (Å²) < 4.78 is 1.24. The third-order valence-corrected chi connectivity index (χ3v) is 2.65. The molecule has 1 aliphatic heterocycles. The van der Waals surface area contributed by atoms with Gasteiger partial charge in [0, 0.05) is 17.6 Å². The normalized spacial score (nSPS) is 32.2. The zero-order valence-electron chi connectivity index (χ0n) is 7.72. The van der Waals surface area contributed by atoms with Crippen molar-refractivity contribution in [3.63, 3.8) is 0 Å². The highest BCUT2D eigenvalue weighted by atomic mass is 16.2. The van der Waals surface area contributed by atoms with E-state index in [1.54, 1.807) is 0 Å². The van der Waals surface area contributed by atoms with E-state index < -0.39 is 0 Å². The molecule has 0 aromatic rings. The van der Waals surface area contributed by atoms with E-state index in [0.717, 1.165) is 19.3 Å². The highest BCUT2D eigenvalue weighted by Gasteiger charge is 2.40. The van der Waals surface area contributed by atoms with Crippen molar-refractivity contribution in [2.45, 2.75) is 31.3 Å². The largest absolute Gasteiger partial charge is 0.437 e. The summed E-state index contributed by atoms with van der Waals surface area (Å²) in [6.45, 7) is 0. The second-order valence-corrected chi connectivity index (χ2v) is 3.62. The molecule has 2 N–H and O–H groups in total. The van der Waals surface area contributed by atoms with Gasteiger partial charge in [-0.05, 0) is 17.5 Å². The lowest BCUT2D eigenvalue weighted by atomic mass is 10.2.